The van der Waals surface area contributed by atoms with E-state index in [9.17, 15) is 4.79 Å². The highest BCUT2D eigenvalue weighted by atomic mass is 16.5. The fourth-order valence-electron chi connectivity index (χ4n) is 2.05. The Bertz CT molecular complexity index is 597. The molecule has 0 aliphatic carbocycles. The lowest BCUT2D eigenvalue weighted by Gasteiger charge is -2.21. The van der Waals surface area contributed by atoms with Crippen LogP contribution >= 0.6 is 0 Å². The molecule has 5 heteroatoms. The van der Waals surface area contributed by atoms with Crippen molar-refractivity contribution in [3.63, 3.8) is 0 Å². The van der Waals surface area contributed by atoms with E-state index in [-0.39, 0.29) is 5.41 Å². The Morgan fingerprint density at radius 3 is 2.53 bits per heavy atom. The summed E-state index contributed by atoms with van der Waals surface area (Å²) in [7, 11) is 1.60. The summed E-state index contributed by atoms with van der Waals surface area (Å²) < 4.78 is 7.00. The monoisotopic (exact) mass is 259 g/mol. The van der Waals surface area contributed by atoms with Gasteiger partial charge >= 0.3 is 0 Å². The lowest BCUT2D eigenvalue weighted by Crippen LogP contribution is -2.19. The third kappa shape index (κ3) is 2.36. The Kier molecular flexibility index (Phi) is 3.38. The Hall–Kier alpha value is -2.17. The van der Waals surface area contributed by atoms with Crippen molar-refractivity contribution in [2.45, 2.75) is 26.2 Å². The topological polar surface area (TPSA) is 57.0 Å². The molecule has 0 saturated heterocycles. The summed E-state index contributed by atoms with van der Waals surface area (Å²) in [6.07, 6.45) is 0.736. The molecular weight excluding hydrogens is 242 g/mol. The van der Waals surface area contributed by atoms with Gasteiger partial charge in [0.25, 0.3) is 0 Å². The third-order valence-corrected chi connectivity index (χ3v) is 2.83. The molecule has 2 rings (SSSR count). The van der Waals surface area contributed by atoms with Crippen LogP contribution in [0.2, 0.25) is 0 Å². The zero-order valence-electron chi connectivity index (χ0n) is 11.5. The number of hydrogen-bond donors (Lipinski definition) is 0. The highest BCUT2D eigenvalue weighted by molar-refractivity contribution is 5.74. The minimum Gasteiger partial charge on any atom is -0.494 e. The number of para-hydroxylation sites is 2. The molecule has 0 N–H and O–H groups in total. The van der Waals surface area contributed by atoms with E-state index in [1.807, 2.05) is 45.0 Å². The van der Waals surface area contributed by atoms with Crippen molar-refractivity contribution in [2.24, 2.45) is 0 Å². The molecule has 0 spiro atoms. The van der Waals surface area contributed by atoms with E-state index < -0.39 is 0 Å². The van der Waals surface area contributed by atoms with Crippen LogP contribution in [0.4, 0.5) is 0 Å². The number of methoxy groups -OCH3 is 1. The van der Waals surface area contributed by atoms with Crippen molar-refractivity contribution in [2.75, 3.05) is 7.11 Å². The van der Waals surface area contributed by atoms with Gasteiger partial charge in [0.15, 0.2) is 6.29 Å². The van der Waals surface area contributed by atoms with Crippen LogP contribution in [-0.2, 0) is 5.41 Å². The van der Waals surface area contributed by atoms with Gasteiger partial charge in [-0.05, 0) is 12.1 Å². The molecule has 5 nitrogen and oxygen atoms in total. The number of aldehydes is 1. The van der Waals surface area contributed by atoms with Crippen LogP contribution < -0.4 is 4.74 Å². The van der Waals surface area contributed by atoms with Gasteiger partial charge in [0.1, 0.15) is 17.1 Å². The van der Waals surface area contributed by atoms with Crippen molar-refractivity contribution in [3.05, 3.63) is 35.7 Å². The molecule has 100 valence electrons. The third-order valence-electron chi connectivity index (χ3n) is 2.83. The summed E-state index contributed by atoms with van der Waals surface area (Å²) in [4.78, 5) is 11.1. The van der Waals surface area contributed by atoms with Crippen LogP contribution in [0.15, 0.2) is 24.3 Å². The normalized spacial score (nSPS) is 11.4. The molecule has 0 fully saturated rings. The highest BCUT2D eigenvalue weighted by Crippen LogP contribution is 2.29. The van der Waals surface area contributed by atoms with Crippen LogP contribution in [0.1, 0.15) is 37.0 Å². The van der Waals surface area contributed by atoms with Gasteiger partial charge in [-0.1, -0.05) is 38.1 Å². The molecule has 0 aliphatic rings. The number of rotatable bonds is 3. The standard InChI is InChI=1S/C14H17N3O2/c1-14(2,3)13-10(9-18)15-16-17(13)11-7-5-6-8-12(11)19-4/h5-9H,1-4H3. The molecule has 0 bridgehead atoms. The summed E-state index contributed by atoms with van der Waals surface area (Å²) >= 11 is 0. The summed E-state index contributed by atoms with van der Waals surface area (Å²) in [5, 5.41) is 8.03. The summed E-state index contributed by atoms with van der Waals surface area (Å²) in [5.41, 5.74) is 1.65. The molecule has 0 atom stereocenters. The largest absolute Gasteiger partial charge is 0.494 e. The van der Waals surface area contributed by atoms with Crippen molar-refractivity contribution in [1.82, 2.24) is 15.0 Å². The predicted molar refractivity (Wildman–Crippen MR) is 72.0 cm³/mol. The van der Waals surface area contributed by atoms with Gasteiger partial charge in [0.2, 0.25) is 0 Å². The van der Waals surface area contributed by atoms with E-state index in [2.05, 4.69) is 10.3 Å². The van der Waals surface area contributed by atoms with Crippen molar-refractivity contribution < 1.29 is 9.53 Å². The first kappa shape index (κ1) is 13.3. The summed E-state index contributed by atoms with van der Waals surface area (Å²) in [5.74, 6) is 0.690. The predicted octanol–water partition coefficient (Wildman–Crippen LogP) is 2.39. The van der Waals surface area contributed by atoms with Crippen molar-refractivity contribution in [3.8, 4) is 11.4 Å². The van der Waals surface area contributed by atoms with Gasteiger partial charge < -0.3 is 4.74 Å². The van der Waals surface area contributed by atoms with E-state index in [1.165, 1.54) is 0 Å². The molecule has 2 aromatic rings. The minimum absolute atomic E-state index is 0.249. The van der Waals surface area contributed by atoms with E-state index in [0.717, 1.165) is 17.7 Å². The Labute approximate surface area is 112 Å². The maximum atomic E-state index is 11.1. The first-order valence-electron chi connectivity index (χ1n) is 6.03. The lowest BCUT2D eigenvalue weighted by molar-refractivity contribution is 0.111. The number of ether oxygens (including phenoxy) is 1. The molecule has 1 aromatic carbocycles. The molecular formula is C14H17N3O2. The second-order valence-electron chi connectivity index (χ2n) is 5.27. The zero-order valence-corrected chi connectivity index (χ0v) is 11.5. The number of hydrogen-bond acceptors (Lipinski definition) is 4. The molecule has 0 unspecified atom stereocenters. The van der Waals surface area contributed by atoms with Gasteiger partial charge in [-0.3, -0.25) is 4.79 Å². The zero-order chi connectivity index (χ0) is 14.0. The van der Waals surface area contributed by atoms with Crippen LogP contribution in [0.25, 0.3) is 5.69 Å². The Morgan fingerprint density at radius 1 is 1.26 bits per heavy atom. The maximum absolute atomic E-state index is 11.1. The number of carbonyl (C=O) groups is 1. The van der Waals surface area contributed by atoms with E-state index in [1.54, 1.807) is 11.8 Å². The second kappa shape index (κ2) is 4.84. The van der Waals surface area contributed by atoms with Crippen molar-refractivity contribution >= 4 is 6.29 Å². The van der Waals surface area contributed by atoms with E-state index >= 15 is 0 Å². The number of nitrogens with zero attached hydrogens (tertiary/aromatic N) is 3. The Morgan fingerprint density at radius 2 is 1.95 bits per heavy atom. The number of aromatic nitrogens is 3. The molecule has 1 aromatic heterocycles. The molecule has 0 saturated carbocycles. The molecule has 0 aliphatic heterocycles. The van der Waals surface area contributed by atoms with Crippen LogP contribution in [-0.4, -0.2) is 28.4 Å². The minimum atomic E-state index is -0.249. The smallest absolute Gasteiger partial charge is 0.172 e. The van der Waals surface area contributed by atoms with Crippen LogP contribution in [0.5, 0.6) is 5.75 Å². The first-order valence-corrected chi connectivity index (χ1v) is 6.03. The molecule has 0 amide bonds. The number of carbonyl (C=O) groups excluding carboxylic acids is 1. The fourth-order valence-corrected chi connectivity index (χ4v) is 2.05. The fraction of sp³-hybridized carbons (Fsp3) is 0.357. The SMILES string of the molecule is COc1ccccc1-n1nnc(C=O)c1C(C)(C)C. The average Bonchev–Trinajstić information content (AvgIpc) is 2.82. The van der Waals surface area contributed by atoms with E-state index in [0.29, 0.717) is 11.4 Å². The summed E-state index contributed by atoms with van der Waals surface area (Å²) in [6.45, 7) is 6.06. The second-order valence-corrected chi connectivity index (χ2v) is 5.27. The van der Waals surface area contributed by atoms with Gasteiger partial charge in [0, 0.05) is 5.41 Å². The van der Waals surface area contributed by atoms with Crippen molar-refractivity contribution in [1.29, 1.82) is 0 Å². The van der Waals surface area contributed by atoms with Crippen LogP contribution in [0, 0.1) is 0 Å². The summed E-state index contributed by atoms with van der Waals surface area (Å²) in [6, 6.07) is 7.52. The highest BCUT2D eigenvalue weighted by Gasteiger charge is 2.26. The van der Waals surface area contributed by atoms with Gasteiger partial charge in [-0.2, -0.15) is 0 Å². The van der Waals surface area contributed by atoms with Gasteiger partial charge in [-0.15, -0.1) is 5.10 Å². The average molecular weight is 259 g/mol. The molecule has 1 heterocycles. The molecule has 0 radical (unpaired) electrons. The van der Waals surface area contributed by atoms with Crippen LogP contribution in [0.3, 0.4) is 0 Å². The maximum Gasteiger partial charge on any atom is 0.172 e. The van der Waals surface area contributed by atoms with Gasteiger partial charge in [-0.25, -0.2) is 4.68 Å². The quantitative estimate of drug-likeness (QED) is 0.794. The molecule has 19 heavy (non-hydrogen) atoms. The van der Waals surface area contributed by atoms with E-state index in [4.69, 9.17) is 4.74 Å². The number of benzene rings is 1. The lowest BCUT2D eigenvalue weighted by atomic mass is 9.90. The van der Waals surface area contributed by atoms with Gasteiger partial charge in [0.05, 0.1) is 12.8 Å². The first-order chi connectivity index (χ1) is 8.99. The Balaban J connectivity index is 2.70.